The van der Waals surface area contributed by atoms with E-state index in [4.69, 9.17) is 0 Å². The van der Waals surface area contributed by atoms with E-state index >= 15 is 0 Å². The van der Waals surface area contributed by atoms with Gasteiger partial charge in [0, 0.05) is 11.5 Å². The van der Waals surface area contributed by atoms with Crippen molar-refractivity contribution in [1.82, 2.24) is 0 Å². The summed E-state index contributed by atoms with van der Waals surface area (Å²) in [5.41, 5.74) is 1.71. The van der Waals surface area contributed by atoms with Gasteiger partial charge in [-0.25, -0.2) is 0 Å². The molecule has 0 atom stereocenters. The van der Waals surface area contributed by atoms with E-state index in [1.165, 1.54) is 0 Å². The Labute approximate surface area is 96.7 Å². The molecule has 0 aliphatic rings. The van der Waals surface area contributed by atoms with Crippen LogP contribution in [0.1, 0.15) is 43.1 Å². The molecule has 0 fully saturated rings. The number of rotatable bonds is 5. The van der Waals surface area contributed by atoms with Gasteiger partial charge in [-0.15, -0.1) is 0 Å². The summed E-state index contributed by atoms with van der Waals surface area (Å²) < 4.78 is 0. The fourth-order valence-corrected chi connectivity index (χ4v) is 1.56. The smallest absolute Gasteiger partial charge is 0.170 e. The fraction of sp³-hybridized carbons (Fsp3) is 0.429. The molecule has 0 aliphatic heterocycles. The maximum Gasteiger partial charge on any atom is 0.170 e. The second-order valence-corrected chi connectivity index (χ2v) is 4.23. The lowest BCUT2D eigenvalue weighted by Gasteiger charge is -2.07. The molecule has 1 aromatic rings. The highest BCUT2D eigenvalue weighted by atomic mass is 16.1. The molecule has 86 valence electrons. The van der Waals surface area contributed by atoms with Crippen LogP contribution >= 0.6 is 0 Å². The van der Waals surface area contributed by atoms with Gasteiger partial charge in [0.25, 0.3) is 0 Å². The Balaban J connectivity index is 2.84. The van der Waals surface area contributed by atoms with Crippen LogP contribution in [0, 0.1) is 5.92 Å². The fourth-order valence-electron chi connectivity index (χ4n) is 1.56. The van der Waals surface area contributed by atoms with Gasteiger partial charge in [-0.05, 0) is 12.0 Å². The van der Waals surface area contributed by atoms with Crippen LogP contribution in [0.4, 0.5) is 0 Å². The first-order valence-electron chi connectivity index (χ1n) is 5.70. The molecule has 0 saturated carbocycles. The number of carbonyl (C=O) groups excluding carboxylic acids is 2. The van der Waals surface area contributed by atoms with Crippen molar-refractivity contribution >= 4 is 11.6 Å². The number of Topliss-reactive ketones (excluding diaryl/α,β-unsaturated/α-hetero) is 2. The van der Waals surface area contributed by atoms with Crippen molar-refractivity contribution < 1.29 is 9.59 Å². The van der Waals surface area contributed by atoms with Gasteiger partial charge in [0.2, 0.25) is 0 Å². The van der Waals surface area contributed by atoms with Gasteiger partial charge < -0.3 is 0 Å². The third-order valence-corrected chi connectivity index (χ3v) is 2.68. The second kappa shape index (κ2) is 5.59. The third-order valence-electron chi connectivity index (χ3n) is 2.68. The summed E-state index contributed by atoms with van der Waals surface area (Å²) in [5.74, 6) is -0.121. The normalized spacial score (nSPS) is 10.5. The molecule has 0 radical (unpaired) electrons. The van der Waals surface area contributed by atoms with Crippen LogP contribution in [0.25, 0.3) is 0 Å². The molecule has 0 spiro atoms. The zero-order valence-corrected chi connectivity index (χ0v) is 10.1. The molecule has 1 rings (SSSR count). The zero-order valence-electron chi connectivity index (χ0n) is 10.1. The highest BCUT2D eigenvalue weighted by molar-refractivity contribution is 6.09. The SMILES string of the molecule is CCc1ccccc1C(=O)CC(=O)C(C)C. The molecular weight excluding hydrogens is 200 g/mol. The molecule has 0 N–H and O–H groups in total. The molecule has 2 nitrogen and oxygen atoms in total. The van der Waals surface area contributed by atoms with Crippen molar-refractivity contribution in [2.75, 3.05) is 0 Å². The Morgan fingerprint density at radius 2 is 1.81 bits per heavy atom. The lowest BCUT2D eigenvalue weighted by Crippen LogP contribution is -2.14. The quantitative estimate of drug-likeness (QED) is 0.562. The van der Waals surface area contributed by atoms with Crippen LogP contribution in [0.3, 0.4) is 0 Å². The molecule has 2 heteroatoms. The highest BCUT2D eigenvalue weighted by Crippen LogP contribution is 2.13. The minimum atomic E-state index is -0.0715. The Kier molecular flexibility index (Phi) is 4.41. The minimum absolute atomic E-state index is 0.0101. The van der Waals surface area contributed by atoms with E-state index in [1.807, 2.05) is 39.0 Å². The van der Waals surface area contributed by atoms with Gasteiger partial charge in [0.1, 0.15) is 5.78 Å². The maximum atomic E-state index is 11.9. The molecule has 0 aromatic heterocycles. The number of benzene rings is 1. The third kappa shape index (κ3) is 3.02. The largest absolute Gasteiger partial charge is 0.299 e. The summed E-state index contributed by atoms with van der Waals surface area (Å²) in [6, 6.07) is 7.49. The average molecular weight is 218 g/mol. The molecule has 0 saturated heterocycles. The Bertz CT molecular complexity index is 391. The first kappa shape index (κ1) is 12.6. The molecule has 0 heterocycles. The van der Waals surface area contributed by atoms with Crippen LogP contribution in [0.2, 0.25) is 0 Å². The summed E-state index contributed by atoms with van der Waals surface area (Å²) in [6.07, 6.45) is 0.840. The van der Waals surface area contributed by atoms with Crippen molar-refractivity contribution in [1.29, 1.82) is 0 Å². The van der Waals surface area contributed by atoms with E-state index in [9.17, 15) is 9.59 Å². The first-order chi connectivity index (χ1) is 7.56. The van der Waals surface area contributed by atoms with Gasteiger partial charge in [-0.1, -0.05) is 45.0 Å². The average Bonchev–Trinajstić information content (AvgIpc) is 2.28. The number of hydrogen-bond acceptors (Lipinski definition) is 2. The van der Waals surface area contributed by atoms with Gasteiger partial charge in [0.05, 0.1) is 6.42 Å². The van der Waals surface area contributed by atoms with Crippen molar-refractivity contribution in [2.24, 2.45) is 5.92 Å². The lowest BCUT2D eigenvalue weighted by molar-refractivity contribution is -0.121. The monoisotopic (exact) mass is 218 g/mol. The van der Waals surface area contributed by atoms with E-state index < -0.39 is 0 Å². The molecule has 0 bridgehead atoms. The van der Waals surface area contributed by atoms with Crippen molar-refractivity contribution in [2.45, 2.75) is 33.6 Å². The highest BCUT2D eigenvalue weighted by Gasteiger charge is 2.16. The Morgan fingerprint density at radius 1 is 1.19 bits per heavy atom. The van der Waals surface area contributed by atoms with E-state index in [1.54, 1.807) is 6.07 Å². The van der Waals surface area contributed by atoms with Crippen molar-refractivity contribution in [3.8, 4) is 0 Å². The minimum Gasteiger partial charge on any atom is -0.299 e. The van der Waals surface area contributed by atoms with Crippen LogP contribution in [-0.4, -0.2) is 11.6 Å². The molecule has 16 heavy (non-hydrogen) atoms. The number of carbonyl (C=O) groups is 2. The Morgan fingerprint density at radius 3 is 2.38 bits per heavy atom. The lowest BCUT2D eigenvalue weighted by atomic mass is 9.96. The van der Waals surface area contributed by atoms with Crippen molar-refractivity contribution in [3.63, 3.8) is 0 Å². The van der Waals surface area contributed by atoms with E-state index in [-0.39, 0.29) is 23.9 Å². The Hall–Kier alpha value is -1.44. The molecule has 0 unspecified atom stereocenters. The zero-order chi connectivity index (χ0) is 12.1. The molecule has 0 amide bonds. The van der Waals surface area contributed by atoms with Crippen molar-refractivity contribution in [3.05, 3.63) is 35.4 Å². The van der Waals surface area contributed by atoms with Gasteiger partial charge in [0.15, 0.2) is 5.78 Å². The summed E-state index contributed by atoms with van der Waals surface area (Å²) in [5, 5.41) is 0. The maximum absolute atomic E-state index is 11.9. The van der Waals surface area contributed by atoms with Gasteiger partial charge in [-0.3, -0.25) is 9.59 Å². The standard InChI is InChI=1S/C14H18O2/c1-4-11-7-5-6-8-12(11)14(16)9-13(15)10(2)3/h5-8,10H,4,9H2,1-3H3. The molecule has 0 aliphatic carbocycles. The number of hydrogen-bond donors (Lipinski definition) is 0. The summed E-state index contributed by atoms with van der Waals surface area (Å²) in [7, 11) is 0. The molecule has 1 aromatic carbocycles. The predicted molar refractivity (Wildman–Crippen MR) is 64.6 cm³/mol. The topological polar surface area (TPSA) is 34.1 Å². The summed E-state index contributed by atoms with van der Waals surface area (Å²) >= 11 is 0. The van der Waals surface area contributed by atoms with Crippen LogP contribution < -0.4 is 0 Å². The van der Waals surface area contributed by atoms with Crippen LogP contribution in [0.15, 0.2) is 24.3 Å². The predicted octanol–water partition coefficient (Wildman–Crippen LogP) is 3.05. The van der Waals surface area contributed by atoms with E-state index in [0.29, 0.717) is 5.56 Å². The first-order valence-corrected chi connectivity index (χ1v) is 5.70. The number of aryl methyl sites for hydroxylation is 1. The van der Waals surface area contributed by atoms with E-state index in [0.717, 1.165) is 12.0 Å². The van der Waals surface area contributed by atoms with E-state index in [2.05, 4.69) is 0 Å². The van der Waals surface area contributed by atoms with Gasteiger partial charge >= 0.3 is 0 Å². The van der Waals surface area contributed by atoms with Crippen LogP contribution in [-0.2, 0) is 11.2 Å². The van der Waals surface area contributed by atoms with Gasteiger partial charge in [-0.2, -0.15) is 0 Å². The number of ketones is 2. The summed E-state index contributed by atoms with van der Waals surface area (Å²) in [6.45, 7) is 5.65. The summed E-state index contributed by atoms with van der Waals surface area (Å²) in [4.78, 5) is 23.4. The second-order valence-electron chi connectivity index (χ2n) is 4.23. The van der Waals surface area contributed by atoms with Crippen LogP contribution in [0.5, 0.6) is 0 Å². The molecular formula is C14H18O2.